The first-order chi connectivity index (χ1) is 10.6. The fraction of sp³-hybridized carbons (Fsp3) is 0.647. The minimum Gasteiger partial charge on any atom is -0.490 e. The molecule has 1 aromatic carbocycles. The second kappa shape index (κ2) is 6.42. The van der Waals surface area contributed by atoms with Crippen LogP contribution in [0.1, 0.15) is 43.1 Å². The summed E-state index contributed by atoms with van der Waals surface area (Å²) in [7, 11) is 2.08. The van der Waals surface area contributed by atoms with E-state index in [9.17, 15) is 4.39 Å². The van der Waals surface area contributed by atoms with Crippen molar-refractivity contribution >= 4 is 0 Å². The second-order valence-corrected chi connectivity index (χ2v) is 6.39. The summed E-state index contributed by atoms with van der Waals surface area (Å²) in [6, 6.07) is 4.00. The summed E-state index contributed by atoms with van der Waals surface area (Å²) in [5.41, 5.74) is 7.54. The number of nitrogens with zero attached hydrogens (tertiary/aromatic N) is 1. The van der Waals surface area contributed by atoms with Gasteiger partial charge in [-0.3, -0.25) is 4.90 Å². The van der Waals surface area contributed by atoms with Crippen molar-refractivity contribution in [2.45, 2.75) is 32.0 Å². The highest BCUT2D eigenvalue weighted by atomic mass is 19.1. The zero-order valence-corrected chi connectivity index (χ0v) is 13.3. The van der Waals surface area contributed by atoms with Gasteiger partial charge in [-0.25, -0.2) is 4.39 Å². The maximum Gasteiger partial charge on any atom is 0.161 e. The number of hydrogen-bond acceptors (Lipinski definition) is 4. The van der Waals surface area contributed by atoms with E-state index >= 15 is 0 Å². The van der Waals surface area contributed by atoms with E-state index < -0.39 is 6.17 Å². The Hall–Kier alpha value is -1.33. The summed E-state index contributed by atoms with van der Waals surface area (Å²) in [5, 5.41) is 0. The lowest BCUT2D eigenvalue weighted by Gasteiger charge is -2.24. The molecule has 2 aliphatic heterocycles. The van der Waals surface area contributed by atoms with E-state index in [0.29, 0.717) is 37.0 Å². The van der Waals surface area contributed by atoms with Crippen LogP contribution in [0.2, 0.25) is 0 Å². The molecule has 0 bridgehead atoms. The Bertz CT molecular complexity index is 536. The zero-order chi connectivity index (χ0) is 15.7. The molecular formula is C17H25FN2O2. The summed E-state index contributed by atoms with van der Waals surface area (Å²) >= 11 is 0. The number of nitrogens with two attached hydrogens (primary N) is 1. The summed E-state index contributed by atoms with van der Waals surface area (Å²) < 4.78 is 25.7. The molecule has 3 rings (SSSR count). The average molecular weight is 308 g/mol. The molecule has 122 valence electrons. The summed E-state index contributed by atoms with van der Waals surface area (Å²) in [4.78, 5) is 2.27. The number of benzene rings is 1. The standard InChI is InChI=1S/C17H25FN2O2/c1-11(18)13-7-16-17(22-5-3-4-21-16)8-14(13)15-6-12(9-19)10-20(15)2/h7-8,11-12,15H,3-6,9-10,19H2,1-2H3. The molecule has 0 amide bonds. The van der Waals surface area contributed by atoms with Crippen LogP contribution in [0.5, 0.6) is 11.5 Å². The van der Waals surface area contributed by atoms with Crippen LogP contribution in [-0.2, 0) is 0 Å². The van der Waals surface area contributed by atoms with Gasteiger partial charge in [0.25, 0.3) is 0 Å². The molecule has 1 fully saturated rings. The number of alkyl halides is 1. The molecule has 0 aliphatic carbocycles. The van der Waals surface area contributed by atoms with Gasteiger partial charge >= 0.3 is 0 Å². The van der Waals surface area contributed by atoms with E-state index in [1.807, 2.05) is 12.1 Å². The van der Waals surface area contributed by atoms with Gasteiger partial charge in [-0.1, -0.05) is 0 Å². The van der Waals surface area contributed by atoms with Crippen LogP contribution in [0.3, 0.4) is 0 Å². The number of ether oxygens (including phenoxy) is 2. The fourth-order valence-electron chi connectivity index (χ4n) is 3.51. The van der Waals surface area contributed by atoms with Gasteiger partial charge < -0.3 is 15.2 Å². The number of fused-ring (bicyclic) bond motifs is 1. The number of rotatable bonds is 3. The minimum atomic E-state index is -1.03. The fourth-order valence-corrected chi connectivity index (χ4v) is 3.51. The van der Waals surface area contributed by atoms with Gasteiger partial charge in [0.15, 0.2) is 11.5 Å². The van der Waals surface area contributed by atoms with Gasteiger partial charge in [0.2, 0.25) is 0 Å². The van der Waals surface area contributed by atoms with Crippen molar-refractivity contribution in [2.75, 3.05) is 33.4 Å². The molecule has 0 spiro atoms. The van der Waals surface area contributed by atoms with E-state index in [2.05, 4.69) is 11.9 Å². The van der Waals surface area contributed by atoms with E-state index in [1.165, 1.54) is 0 Å². The van der Waals surface area contributed by atoms with Gasteiger partial charge in [-0.05, 0) is 56.1 Å². The minimum absolute atomic E-state index is 0.193. The highest BCUT2D eigenvalue weighted by molar-refractivity contribution is 5.50. The van der Waals surface area contributed by atoms with E-state index in [1.54, 1.807) is 6.92 Å². The zero-order valence-electron chi connectivity index (χ0n) is 13.3. The Kier molecular flexibility index (Phi) is 4.54. The molecular weight excluding hydrogens is 283 g/mol. The molecule has 1 saturated heterocycles. The lowest BCUT2D eigenvalue weighted by Crippen LogP contribution is -2.21. The van der Waals surface area contributed by atoms with Gasteiger partial charge in [0.1, 0.15) is 6.17 Å². The molecule has 4 nitrogen and oxygen atoms in total. The maximum atomic E-state index is 14.2. The lowest BCUT2D eigenvalue weighted by molar-refractivity contribution is 0.296. The Balaban J connectivity index is 2.00. The van der Waals surface area contributed by atoms with Crippen molar-refractivity contribution in [1.82, 2.24) is 4.90 Å². The Morgan fingerprint density at radius 3 is 2.59 bits per heavy atom. The van der Waals surface area contributed by atoms with E-state index in [4.69, 9.17) is 15.2 Å². The highest BCUT2D eigenvalue weighted by Gasteiger charge is 2.33. The molecule has 3 unspecified atom stereocenters. The molecule has 0 radical (unpaired) electrons. The van der Waals surface area contributed by atoms with E-state index in [0.717, 1.165) is 30.7 Å². The van der Waals surface area contributed by atoms with Gasteiger partial charge in [0.05, 0.1) is 13.2 Å². The van der Waals surface area contributed by atoms with Crippen molar-refractivity contribution in [3.8, 4) is 11.5 Å². The average Bonchev–Trinajstić information content (AvgIpc) is 2.73. The van der Waals surface area contributed by atoms with Gasteiger partial charge in [-0.15, -0.1) is 0 Å². The molecule has 2 aliphatic rings. The first-order valence-electron chi connectivity index (χ1n) is 8.08. The number of likely N-dealkylation sites (tertiary alicyclic amines) is 1. The third-order valence-electron chi connectivity index (χ3n) is 4.71. The Morgan fingerprint density at radius 2 is 2.00 bits per heavy atom. The topological polar surface area (TPSA) is 47.7 Å². The maximum absolute atomic E-state index is 14.2. The Labute approximate surface area is 131 Å². The molecule has 5 heteroatoms. The predicted octanol–water partition coefficient (Wildman–Crippen LogP) is 2.83. The van der Waals surface area contributed by atoms with Crippen LogP contribution in [0.25, 0.3) is 0 Å². The smallest absolute Gasteiger partial charge is 0.161 e. The monoisotopic (exact) mass is 308 g/mol. The van der Waals surface area contributed by atoms with Crippen LogP contribution >= 0.6 is 0 Å². The van der Waals surface area contributed by atoms with Crippen molar-refractivity contribution in [1.29, 1.82) is 0 Å². The largest absolute Gasteiger partial charge is 0.490 e. The highest BCUT2D eigenvalue weighted by Crippen LogP contribution is 2.43. The molecule has 3 atom stereocenters. The van der Waals surface area contributed by atoms with Crippen LogP contribution < -0.4 is 15.2 Å². The van der Waals surface area contributed by atoms with Gasteiger partial charge in [0, 0.05) is 19.0 Å². The summed E-state index contributed by atoms with van der Waals surface area (Å²) in [6.45, 7) is 4.47. The van der Waals surface area contributed by atoms with Crippen molar-refractivity contribution in [3.63, 3.8) is 0 Å². The first kappa shape index (κ1) is 15.6. The van der Waals surface area contributed by atoms with Crippen molar-refractivity contribution < 1.29 is 13.9 Å². The molecule has 22 heavy (non-hydrogen) atoms. The second-order valence-electron chi connectivity index (χ2n) is 6.39. The Morgan fingerprint density at radius 1 is 1.32 bits per heavy atom. The summed E-state index contributed by atoms with van der Waals surface area (Å²) in [6.07, 6.45) is 0.785. The SMILES string of the molecule is CC(F)c1cc2c(cc1C1CC(CN)CN1C)OCCCO2. The summed E-state index contributed by atoms with van der Waals surface area (Å²) in [5.74, 6) is 1.87. The van der Waals surface area contributed by atoms with Crippen molar-refractivity contribution in [2.24, 2.45) is 11.7 Å². The van der Waals surface area contributed by atoms with Crippen molar-refractivity contribution in [3.05, 3.63) is 23.3 Å². The lowest BCUT2D eigenvalue weighted by atomic mass is 9.93. The van der Waals surface area contributed by atoms with Gasteiger partial charge in [-0.2, -0.15) is 0 Å². The van der Waals surface area contributed by atoms with Crippen LogP contribution in [0, 0.1) is 5.92 Å². The molecule has 1 aromatic rings. The van der Waals surface area contributed by atoms with Crippen LogP contribution in [0.15, 0.2) is 12.1 Å². The third-order valence-corrected chi connectivity index (χ3v) is 4.71. The van der Waals surface area contributed by atoms with E-state index in [-0.39, 0.29) is 6.04 Å². The van der Waals surface area contributed by atoms with Crippen LogP contribution in [-0.4, -0.2) is 38.3 Å². The normalized spacial score (nSPS) is 26.7. The number of halogens is 1. The molecule has 2 N–H and O–H groups in total. The quantitative estimate of drug-likeness (QED) is 0.933. The first-order valence-corrected chi connectivity index (χ1v) is 8.08. The molecule has 0 aromatic heterocycles. The van der Waals surface area contributed by atoms with Crippen LogP contribution in [0.4, 0.5) is 4.39 Å². The predicted molar refractivity (Wildman–Crippen MR) is 84.1 cm³/mol. The molecule has 0 saturated carbocycles. The molecule has 2 heterocycles. The third kappa shape index (κ3) is 2.92. The number of hydrogen-bond donors (Lipinski definition) is 1.